The lowest BCUT2D eigenvalue weighted by atomic mass is 9.86. The van der Waals surface area contributed by atoms with Crippen molar-refractivity contribution in [2.75, 3.05) is 13.7 Å². The highest BCUT2D eigenvalue weighted by Gasteiger charge is 2.38. The number of nitriles is 1. The maximum Gasteiger partial charge on any atom is 0.338 e. The largest absolute Gasteiger partial charge is 0.497 e. The van der Waals surface area contributed by atoms with E-state index >= 15 is 0 Å². The Bertz CT molecular complexity index is 937. The topological polar surface area (TPSA) is 94.6 Å². The third-order valence-electron chi connectivity index (χ3n) is 4.10. The molecule has 7 heteroatoms. The van der Waals surface area contributed by atoms with Gasteiger partial charge in [-0.3, -0.25) is 0 Å². The van der Waals surface area contributed by atoms with Crippen LogP contribution in [0.25, 0.3) is 5.76 Å². The van der Waals surface area contributed by atoms with Crippen LogP contribution in [0.3, 0.4) is 0 Å². The molecule has 0 amide bonds. The standard InChI is InChI=1S/C20H18N2O4S/c1-3-25-20(23)17-16(15-5-4-10-27-15)14(11-21)19(22)26-18(17)12-6-8-13(24-2)9-7-12/h4-10,16H,3,22H2,1-2H3. The van der Waals surface area contributed by atoms with Crippen LogP contribution in [0, 0.1) is 11.3 Å². The first-order valence-electron chi connectivity index (χ1n) is 8.27. The van der Waals surface area contributed by atoms with Crippen LogP contribution in [0.4, 0.5) is 0 Å². The average Bonchev–Trinajstić information content (AvgIpc) is 3.21. The van der Waals surface area contributed by atoms with Crippen molar-refractivity contribution in [3.8, 4) is 11.8 Å². The Morgan fingerprint density at radius 3 is 2.63 bits per heavy atom. The molecule has 0 fully saturated rings. The van der Waals surface area contributed by atoms with E-state index in [0.29, 0.717) is 11.3 Å². The lowest BCUT2D eigenvalue weighted by Gasteiger charge is -2.27. The van der Waals surface area contributed by atoms with Crippen LogP contribution >= 0.6 is 11.3 Å². The van der Waals surface area contributed by atoms with Gasteiger partial charge in [-0.15, -0.1) is 11.3 Å². The molecular weight excluding hydrogens is 364 g/mol. The van der Waals surface area contributed by atoms with Gasteiger partial charge in [0, 0.05) is 10.4 Å². The maximum absolute atomic E-state index is 12.8. The van der Waals surface area contributed by atoms with Crippen molar-refractivity contribution in [2.45, 2.75) is 12.8 Å². The minimum atomic E-state index is -0.639. The van der Waals surface area contributed by atoms with E-state index in [0.717, 1.165) is 4.88 Å². The van der Waals surface area contributed by atoms with E-state index in [9.17, 15) is 10.1 Å². The third-order valence-corrected chi connectivity index (χ3v) is 5.03. The van der Waals surface area contributed by atoms with E-state index in [1.54, 1.807) is 38.3 Å². The zero-order valence-electron chi connectivity index (χ0n) is 14.9. The van der Waals surface area contributed by atoms with Gasteiger partial charge in [0.15, 0.2) is 0 Å². The molecule has 0 aliphatic carbocycles. The van der Waals surface area contributed by atoms with Crippen molar-refractivity contribution in [1.29, 1.82) is 5.26 Å². The summed E-state index contributed by atoms with van der Waals surface area (Å²) in [5.74, 6) is -0.244. The Hall–Kier alpha value is -3.24. The molecule has 1 aromatic heterocycles. The van der Waals surface area contributed by atoms with Gasteiger partial charge < -0.3 is 19.9 Å². The number of carbonyl (C=O) groups is 1. The van der Waals surface area contributed by atoms with Crippen LogP contribution in [0.1, 0.15) is 23.3 Å². The van der Waals surface area contributed by atoms with Crippen molar-refractivity contribution < 1.29 is 19.0 Å². The highest BCUT2D eigenvalue weighted by molar-refractivity contribution is 7.10. The first-order chi connectivity index (χ1) is 13.1. The fourth-order valence-electron chi connectivity index (χ4n) is 2.87. The number of esters is 1. The molecule has 27 heavy (non-hydrogen) atoms. The number of methoxy groups -OCH3 is 1. The van der Waals surface area contributed by atoms with Crippen LogP contribution in [0.5, 0.6) is 5.75 Å². The number of thiophene rings is 1. The van der Waals surface area contributed by atoms with Crippen LogP contribution in [0.2, 0.25) is 0 Å². The zero-order valence-corrected chi connectivity index (χ0v) is 15.7. The van der Waals surface area contributed by atoms with Crippen molar-refractivity contribution in [3.05, 3.63) is 69.2 Å². The molecule has 138 valence electrons. The molecule has 0 saturated carbocycles. The van der Waals surface area contributed by atoms with Gasteiger partial charge in [-0.25, -0.2) is 4.79 Å². The first-order valence-corrected chi connectivity index (χ1v) is 9.15. The Balaban J connectivity index is 2.22. The highest BCUT2D eigenvalue weighted by atomic mass is 32.1. The second-order valence-electron chi connectivity index (χ2n) is 5.63. The van der Waals surface area contributed by atoms with E-state index in [2.05, 4.69) is 6.07 Å². The minimum Gasteiger partial charge on any atom is -0.497 e. The number of hydrogen-bond donors (Lipinski definition) is 1. The van der Waals surface area contributed by atoms with Gasteiger partial charge in [0.1, 0.15) is 23.2 Å². The summed E-state index contributed by atoms with van der Waals surface area (Å²) >= 11 is 1.43. The van der Waals surface area contributed by atoms with E-state index < -0.39 is 11.9 Å². The molecule has 2 N–H and O–H groups in total. The van der Waals surface area contributed by atoms with Crippen LogP contribution in [0.15, 0.2) is 58.8 Å². The van der Waals surface area contributed by atoms with Crippen molar-refractivity contribution in [3.63, 3.8) is 0 Å². The molecule has 3 rings (SSSR count). The fourth-order valence-corrected chi connectivity index (χ4v) is 3.72. The number of hydrogen-bond acceptors (Lipinski definition) is 7. The quantitative estimate of drug-likeness (QED) is 0.795. The molecule has 0 bridgehead atoms. The average molecular weight is 382 g/mol. The van der Waals surface area contributed by atoms with Crippen LogP contribution in [-0.2, 0) is 14.3 Å². The second-order valence-corrected chi connectivity index (χ2v) is 6.61. The summed E-state index contributed by atoms with van der Waals surface area (Å²) in [5.41, 5.74) is 7.13. The summed E-state index contributed by atoms with van der Waals surface area (Å²) < 4.78 is 16.2. The Labute approximate surface area is 161 Å². The van der Waals surface area contributed by atoms with Gasteiger partial charge in [-0.1, -0.05) is 6.07 Å². The van der Waals surface area contributed by atoms with Crippen molar-refractivity contribution in [1.82, 2.24) is 0 Å². The van der Waals surface area contributed by atoms with Crippen LogP contribution < -0.4 is 10.5 Å². The number of nitrogens with two attached hydrogens (primary N) is 1. The molecule has 2 aromatic rings. The Morgan fingerprint density at radius 2 is 2.07 bits per heavy atom. The number of nitrogens with zero attached hydrogens (tertiary/aromatic N) is 1. The molecule has 1 aliphatic rings. The molecule has 0 spiro atoms. The third kappa shape index (κ3) is 3.52. The van der Waals surface area contributed by atoms with E-state index in [4.69, 9.17) is 19.9 Å². The fraction of sp³-hybridized carbons (Fsp3) is 0.200. The molecule has 1 atom stereocenters. The number of allylic oxidation sites excluding steroid dienone is 1. The molecule has 0 radical (unpaired) electrons. The lowest BCUT2D eigenvalue weighted by molar-refractivity contribution is -0.138. The summed E-state index contributed by atoms with van der Waals surface area (Å²) in [7, 11) is 1.57. The summed E-state index contributed by atoms with van der Waals surface area (Å²) in [6, 6.07) is 12.8. The molecule has 6 nitrogen and oxygen atoms in total. The Kier molecular flexibility index (Phi) is 5.48. The van der Waals surface area contributed by atoms with Gasteiger partial charge in [-0.2, -0.15) is 5.26 Å². The SMILES string of the molecule is CCOC(=O)C1=C(c2ccc(OC)cc2)OC(N)=C(C#N)C1c1cccs1. The summed E-state index contributed by atoms with van der Waals surface area (Å²) in [6.45, 7) is 1.93. The maximum atomic E-state index is 12.8. The van der Waals surface area contributed by atoms with Gasteiger partial charge in [-0.05, 0) is 42.6 Å². The van der Waals surface area contributed by atoms with E-state index in [1.807, 2.05) is 17.5 Å². The first kappa shape index (κ1) is 18.5. The Morgan fingerprint density at radius 1 is 1.33 bits per heavy atom. The molecule has 0 saturated heterocycles. The highest BCUT2D eigenvalue weighted by Crippen LogP contribution is 2.44. The van der Waals surface area contributed by atoms with Crippen molar-refractivity contribution in [2.24, 2.45) is 5.73 Å². The predicted molar refractivity (Wildman–Crippen MR) is 102 cm³/mol. The number of ether oxygens (including phenoxy) is 3. The number of carbonyl (C=O) groups excluding carboxylic acids is 1. The summed E-state index contributed by atoms with van der Waals surface area (Å²) in [4.78, 5) is 13.6. The molecule has 2 heterocycles. The van der Waals surface area contributed by atoms with Crippen molar-refractivity contribution >= 4 is 23.1 Å². The minimum absolute atomic E-state index is 0.0187. The molecular formula is C20H18N2O4S. The number of benzene rings is 1. The monoisotopic (exact) mass is 382 g/mol. The lowest BCUT2D eigenvalue weighted by Crippen LogP contribution is -2.25. The van der Waals surface area contributed by atoms with Gasteiger partial charge in [0.05, 0.1) is 25.2 Å². The van der Waals surface area contributed by atoms with Crippen LogP contribution in [-0.4, -0.2) is 19.7 Å². The number of rotatable bonds is 5. The van der Waals surface area contributed by atoms with E-state index in [-0.39, 0.29) is 29.4 Å². The predicted octanol–water partition coefficient (Wildman–Crippen LogP) is 3.54. The summed E-state index contributed by atoms with van der Waals surface area (Å²) in [6.07, 6.45) is 0. The molecule has 1 aliphatic heterocycles. The van der Waals surface area contributed by atoms with Gasteiger partial charge >= 0.3 is 5.97 Å². The molecule has 1 aromatic carbocycles. The zero-order chi connectivity index (χ0) is 19.4. The smallest absolute Gasteiger partial charge is 0.338 e. The van der Waals surface area contributed by atoms with Gasteiger partial charge in [0.25, 0.3) is 0 Å². The second kappa shape index (κ2) is 7.98. The molecule has 1 unspecified atom stereocenters. The summed E-state index contributed by atoms with van der Waals surface area (Å²) in [5, 5.41) is 11.5. The van der Waals surface area contributed by atoms with E-state index in [1.165, 1.54) is 11.3 Å². The van der Waals surface area contributed by atoms with Gasteiger partial charge in [0.2, 0.25) is 5.88 Å². The normalized spacial score (nSPS) is 16.6.